The van der Waals surface area contributed by atoms with E-state index in [0.29, 0.717) is 6.04 Å². The van der Waals surface area contributed by atoms with Gasteiger partial charge in [-0.1, -0.05) is 6.92 Å². The molecule has 2 aromatic rings. The van der Waals surface area contributed by atoms with Crippen LogP contribution in [0.1, 0.15) is 50.2 Å². The summed E-state index contributed by atoms with van der Waals surface area (Å²) in [6.45, 7) is 11.3. The van der Waals surface area contributed by atoms with Crippen molar-refractivity contribution in [2.24, 2.45) is 0 Å². The minimum atomic E-state index is 0.412. The van der Waals surface area contributed by atoms with Crippen molar-refractivity contribution in [2.75, 3.05) is 0 Å². The molecule has 0 unspecified atom stereocenters. The molecule has 5 nitrogen and oxygen atoms in total. The zero-order valence-corrected chi connectivity index (χ0v) is 12.9. The maximum absolute atomic E-state index is 4.44. The van der Waals surface area contributed by atoms with Crippen LogP contribution in [0.25, 0.3) is 0 Å². The van der Waals surface area contributed by atoms with Gasteiger partial charge in [-0.3, -0.25) is 9.36 Å². The highest BCUT2D eigenvalue weighted by Crippen LogP contribution is 2.12. The quantitative estimate of drug-likeness (QED) is 0.845. The second-order valence-corrected chi connectivity index (χ2v) is 5.44. The van der Waals surface area contributed by atoms with Gasteiger partial charge < -0.3 is 5.32 Å². The van der Waals surface area contributed by atoms with Crippen LogP contribution in [-0.2, 0) is 19.6 Å². The molecule has 0 radical (unpaired) electrons. The van der Waals surface area contributed by atoms with E-state index in [2.05, 4.69) is 58.6 Å². The summed E-state index contributed by atoms with van der Waals surface area (Å²) in [6, 6.07) is 2.49. The molecule has 110 valence electrons. The molecule has 0 atom stereocenters. The Balaban J connectivity index is 1.91. The molecule has 20 heavy (non-hydrogen) atoms. The van der Waals surface area contributed by atoms with Crippen LogP contribution in [-0.4, -0.2) is 19.6 Å². The average Bonchev–Trinajstić information content (AvgIpc) is 2.98. The first-order chi connectivity index (χ1) is 9.63. The molecule has 0 bridgehead atoms. The Morgan fingerprint density at radius 2 is 2.05 bits per heavy atom. The van der Waals surface area contributed by atoms with E-state index in [4.69, 9.17) is 0 Å². The lowest BCUT2D eigenvalue weighted by molar-refractivity contribution is 0.517. The third-order valence-electron chi connectivity index (χ3n) is 3.50. The largest absolute Gasteiger partial charge is 0.307 e. The van der Waals surface area contributed by atoms with E-state index >= 15 is 0 Å². The van der Waals surface area contributed by atoms with Crippen LogP contribution < -0.4 is 5.32 Å². The van der Waals surface area contributed by atoms with Crippen molar-refractivity contribution < 1.29 is 0 Å². The Bertz CT molecular complexity index is 538. The molecule has 2 aromatic heterocycles. The SMILES string of the molecule is CCCn1nccc1CNCc1cnn(C(C)C)c1C. The minimum absolute atomic E-state index is 0.412. The molecular weight excluding hydrogens is 250 g/mol. The van der Waals surface area contributed by atoms with Crippen molar-refractivity contribution in [3.8, 4) is 0 Å². The highest BCUT2D eigenvalue weighted by molar-refractivity contribution is 5.16. The van der Waals surface area contributed by atoms with Crippen LogP contribution in [0, 0.1) is 6.92 Å². The van der Waals surface area contributed by atoms with Crippen LogP contribution in [0.5, 0.6) is 0 Å². The number of hydrogen-bond donors (Lipinski definition) is 1. The summed E-state index contributed by atoms with van der Waals surface area (Å²) < 4.78 is 4.13. The number of nitrogens with one attached hydrogen (secondary N) is 1. The predicted octanol–water partition coefficient (Wildman–Crippen LogP) is 2.67. The summed E-state index contributed by atoms with van der Waals surface area (Å²) in [6.07, 6.45) is 4.94. The fourth-order valence-electron chi connectivity index (χ4n) is 2.40. The lowest BCUT2D eigenvalue weighted by atomic mass is 10.2. The number of hydrogen-bond acceptors (Lipinski definition) is 3. The normalized spacial score (nSPS) is 11.4. The van der Waals surface area contributed by atoms with Crippen molar-refractivity contribution in [3.63, 3.8) is 0 Å². The Morgan fingerprint density at radius 1 is 1.25 bits per heavy atom. The van der Waals surface area contributed by atoms with E-state index in [1.54, 1.807) is 0 Å². The molecule has 0 spiro atoms. The van der Waals surface area contributed by atoms with Crippen molar-refractivity contribution >= 4 is 0 Å². The molecule has 0 saturated carbocycles. The fraction of sp³-hybridized carbons (Fsp3) is 0.600. The Hall–Kier alpha value is -1.62. The van der Waals surface area contributed by atoms with Gasteiger partial charge in [-0.05, 0) is 33.3 Å². The molecule has 2 heterocycles. The van der Waals surface area contributed by atoms with Gasteiger partial charge in [-0.2, -0.15) is 10.2 Å². The van der Waals surface area contributed by atoms with E-state index in [1.165, 1.54) is 17.0 Å². The topological polar surface area (TPSA) is 47.7 Å². The first-order valence-corrected chi connectivity index (χ1v) is 7.37. The standard InChI is InChI=1S/C15H25N5/c1-5-8-19-15(6-7-17-19)11-16-9-14-10-18-20(12(2)3)13(14)4/h6-7,10,12,16H,5,8-9,11H2,1-4H3. The van der Waals surface area contributed by atoms with Gasteiger partial charge in [-0.25, -0.2) is 0 Å². The summed E-state index contributed by atoms with van der Waals surface area (Å²) in [5.41, 5.74) is 3.75. The van der Waals surface area contributed by atoms with Crippen molar-refractivity contribution in [1.82, 2.24) is 24.9 Å². The molecule has 2 rings (SSSR count). The van der Waals surface area contributed by atoms with E-state index < -0.39 is 0 Å². The monoisotopic (exact) mass is 275 g/mol. The Kier molecular flexibility index (Phi) is 4.95. The van der Waals surface area contributed by atoms with Gasteiger partial charge in [-0.15, -0.1) is 0 Å². The minimum Gasteiger partial charge on any atom is -0.307 e. The van der Waals surface area contributed by atoms with E-state index in [0.717, 1.165) is 26.1 Å². The van der Waals surface area contributed by atoms with Crippen molar-refractivity contribution in [2.45, 2.75) is 59.8 Å². The molecular formula is C15H25N5. The number of nitrogens with zero attached hydrogens (tertiary/aromatic N) is 4. The first kappa shape index (κ1) is 14.8. The highest BCUT2D eigenvalue weighted by atomic mass is 15.3. The van der Waals surface area contributed by atoms with Crippen LogP contribution in [0.4, 0.5) is 0 Å². The van der Waals surface area contributed by atoms with Crippen LogP contribution in [0.2, 0.25) is 0 Å². The zero-order valence-electron chi connectivity index (χ0n) is 12.9. The number of aryl methyl sites for hydroxylation is 1. The summed E-state index contributed by atoms with van der Waals surface area (Å²) >= 11 is 0. The Morgan fingerprint density at radius 3 is 2.70 bits per heavy atom. The smallest absolute Gasteiger partial charge is 0.0537 e. The van der Waals surface area contributed by atoms with Crippen LogP contribution >= 0.6 is 0 Å². The number of rotatable bonds is 7. The van der Waals surface area contributed by atoms with E-state index in [9.17, 15) is 0 Å². The molecule has 0 aliphatic rings. The van der Waals surface area contributed by atoms with Gasteiger partial charge in [0.05, 0.1) is 11.9 Å². The van der Waals surface area contributed by atoms with Crippen molar-refractivity contribution in [1.29, 1.82) is 0 Å². The maximum Gasteiger partial charge on any atom is 0.0537 e. The zero-order chi connectivity index (χ0) is 14.5. The third-order valence-corrected chi connectivity index (χ3v) is 3.50. The lowest BCUT2D eigenvalue weighted by Gasteiger charge is -2.10. The first-order valence-electron chi connectivity index (χ1n) is 7.37. The number of aromatic nitrogens is 4. The second kappa shape index (κ2) is 6.70. The molecule has 0 aliphatic carbocycles. The molecule has 0 aliphatic heterocycles. The molecule has 0 amide bonds. The van der Waals surface area contributed by atoms with Crippen LogP contribution in [0.15, 0.2) is 18.5 Å². The average molecular weight is 275 g/mol. The molecule has 5 heteroatoms. The molecule has 1 N–H and O–H groups in total. The summed E-state index contributed by atoms with van der Waals surface area (Å²) in [5.74, 6) is 0. The summed E-state index contributed by atoms with van der Waals surface area (Å²) in [5, 5.41) is 12.3. The Labute approximate surface area is 121 Å². The third kappa shape index (κ3) is 3.28. The van der Waals surface area contributed by atoms with E-state index in [1.807, 2.05) is 12.4 Å². The van der Waals surface area contributed by atoms with Gasteiger partial charge in [0, 0.05) is 43.1 Å². The van der Waals surface area contributed by atoms with Gasteiger partial charge in [0.2, 0.25) is 0 Å². The van der Waals surface area contributed by atoms with E-state index in [-0.39, 0.29) is 0 Å². The highest BCUT2D eigenvalue weighted by Gasteiger charge is 2.08. The van der Waals surface area contributed by atoms with Crippen LogP contribution in [0.3, 0.4) is 0 Å². The predicted molar refractivity (Wildman–Crippen MR) is 80.4 cm³/mol. The maximum atomic E-state index is 4.44. The van der Waals surface area contributed by atoms with Crippen molar-refractivity contribution in [3.05, 3.63) is 35.4 Å². The fourth-order valence-corrected chi connectivity index (χ4v) is 2.40. The van der Waals surface area contributed by atoms with Gasteiger partial charge >= 0.3 is 0 Å². The van der Waals surface area contributed by atoms with Gasteiger partial charge in [0.25, 0.3) is 0 Å². The summed E-state index contributed by atoms with van der Waals surface area (Å²) in [7, 11) is 0. The summed E-state index contributed by atoms with van der Waals surface area (Å²) in [4.78, 5) is 0. The molecule has 0 saturated heterocycles. The lowest BCUT2D eigenvalue weighted by Crippen LogP contribution is -2.17. The molecule has 0 fully saturated rings. The van der Waals surface area contributed by atoms with Gasteiger partial charge in [0.1, 0.15) is 0 Å². The van der Waals surface area contributed by atoms with Gasteiger partial charge in [0.15, 0.2) is 0 Å². The molecule has 0 aromatic carbocycles. The second-order valence-electron chi connectivity index (χ2n) is 5.44.